The van der Waals surface area contributed by atoms with Crippen molar-refractivity contribution in [3.8, 4) is 0 Å². The summed E-state index contributed by atoms with van der Waals surface area (Å²) in [5.74, 6) is 1.77. The van der Waals surface area contributed by atoms with Crippen LogP contribution in [0.2, 0.25) is 0 Å². The van der Waals surface area contributed by atoms with Gasteiger partial charge in [0.05, 0.1) is 6.54 Å². The molecule has 0 fully saturated rings. The maximum absolute atomic E-state index is 13.1. The number of hydrogen-bond acceptors (Lipinski definition) is 3. The van der Waals surface area contributed by atoms with Crippen molar-refractivity contribution in [1.29, 1.82) is 0 Å². The molecule has 5 heteroatoms. The summed E-state index contributed by atoms with van der Waals surface area (Å²) in [5.41, 5.74) is 5.46. The van der Waals surface area contributed by atoms with Gasteiger partial charge in [0.25, 0.3) is 0 Å². The Morgan fingerprint density at radius 2 is 1.85 bits per heavy atom. The normalized spacial score (nSPS) is 15.8. The van der Waals surface area contributed by atoms with Gasteiger partial charge < -0.3 is 9.47 Å². The van der Waals surface area contributed by atoms with E-state index in [4.69, 9.17) is 0 Å². The molecule has 26 heavy (non-hydrogen) atoms. The average Bonchev–Trinajstić information content (AvgIpc) is 3.30. The van der Waals surface area contributed by atoms with Crippen molar-refractivity contribution in [1.82, 2.24) is 14.8 Å². The lowest BCUT2D eigenvalue weighted by Crippen LogP contribution is -2.35. The van der Waals surface area contributed by atoms with Crippen LogP contribution in [-0.2, 0) is 32.4 Å². The quantitative estimate of drug-likeness (QED) is 0.726. The zero-order valence-corrected chi connectivity index (χ0v) is 14.7. The van der Waals surface area contributed by atoms with Crippen molar-refractivity contribution < 1.29 is 4.39 Å². The fraction of sp³-hybridized carbons (Fsp3) is 0.333. The van der Waals surface area contributed by atoms with Crippen LogP contribution in [0.1, 0.15) is 34.8 Å². The molecule has 5 rings (SSSR count). The molecule has 0 bridgehead atoms. The van der Waals surface area contributed by atoms with Crippen LogP contribution >= 0.6 is 0 Å². The summed E-state index contributed by atoms with van der Waals surface area (Å²) in [4.78, 5) is 2.44. The predicted octanol–water partition coefficient (Wildman–Crippen LogP) is 3.52. The SMILES string of the molecule is Fc1ccc(Cc2nnc3n2CCN(c2cccc4c2CCC4)C3)cc1. The van der Waals surface area contributed by atoms with Gasteiger partial charge in [-0.2, -0.15) is 0 Å². The third kappa shape index (κ3) is 2.68. The van der Waals surface area contributed by atoms with Crippen LogP contribution in [0, 0.1) is 5.82 Å². The predicted molar refractivity (Wildman–Crippen MR) is 98.7 cm³/mol. The van der Waals surface area contributed by atoms with E-state index in [0.717, 1.165) is 36.8 Å². The lowest BCUT2D eigenvalue weighted by atomic mass is 10.1. The summed E-state index contributed by atoms with van der Waals surface area (Å²) >= 11 is 0. The van der Waals surface area contributed by atoms with Gasteiger partial charge in [0.15, 0.2) is 5.82 Å². The first-order chi connectivity index (χ1) is 12.8. The fourth-order valence-electron chi connectivity index (χ4n) is 4.24. The highest BCUT2D eigenvalue weighted by Gasteiger charge is 2.24. The first kappa shape index (κ1) is 15.6. The summed E-state index contributed by atoms with van der Waals surface area (Å²) in [6.07, 6.45) is 4.34. The van der Waals surface area contributed by atoms with Crippen LogP contribution < -0.4 is 4.90 Å². The second-order valence-electron chi connectivity index (χ2n) is 7.18. The third-order valence-corrected chi connectivity index (χ3v) is 5.57. The molecule has 3 aromatic rings. The first-order valence-corrected chi connectivity index (χ1v) is 9.29. The Kier molecular flexibility index (Phi) is 3.73. The molecule has 4 nitrogen and oxygen atoms in total. The van der Waals surface area contributed by atoms with Gasteiger partial charge in [-0.1, -0.05) is 24.3 Å². The molecule has 0 spiro atoms. The van der Waals surface area contributed by atoms with Gasteiger partial charge in [0.2, 0.25) is 0 Å². The molecule has 132 valence electrons. The molecule has 0 saturated carbocycles. The average molecular weight is 348 g/mol. The standard InChI is InChI=1S/C21H21FN4/c22-17-9-7-15(8-10-17)13-20-23-24-21-14-25(11-12-26(20)21)19-6-2-4-16-3-1-5-18(16)19/h2,4,6-10H,1,3,5,11-14H2. The molecular weight excluding hydrogens is 327 g/mol. The van der Waals surface area contributed by atoms with E-state index in [9.17, 15) is 4.39 Å². The molecule has 2 aromatic carbocycles. The minimum absolute atomic E-state index is 0.206. The van der Waals surface area contributed by atoms with Crippen LogP contribution in [-0.4, -0.2) is 21.3 Å². The molecule has 0 N–H and O–H groups in total. The minimum atomic E-state index is -0.206. The number of halogens is 1. The van der Waals surface area contributed by atoms with E-state index in [1.807, 2.05) is 12.1 Å². The van der Waals surface area contributed by atoms with Crippen molar-refractivity contribution in [2.45, 2.75) is 38.8 Å². The number of fused-ring (bicyclic) bond motifs is 2. The van der Waals surface area contributed by atoms with E-state index in [-0.39, 0.29) is 5.82 Å². The van der Waals surface area contributed by atoms with Crippen molar-refractivity contribution in [2.24, 2.45) is 0 Å². The lowest BCUT2D eigenvalue weighted by molar-refractivity contribution is 0.545. The second-order valence-corrected chi connectivity index (χ2v) is 7.18. The summed E-state index contributed by atoms with van der Waals surface area (Å²) < 4.78 is 15.3. The maximum atomic E-state index is 13.1. The molecule has 0 unspecified atom stereocenters. The van der Waals surface area contributed by atoms with Crippen molar-refractivity contribution in [3.05, 3.63) is 76.6 Å². The maximum Gasteiger partial charge on any atom is 0.152 e. The van der Waals surface area contributed by atoms with Gasteiger partial charge in [-0.25, -0.2) is 4.39 Å². The van der Waals surface area contributed by atoms with Crippen LogP contribution in [0.25, 0.3) is 0 Å². The summed E-state index contributed by atoms with van der Waals surface area (Å²) in [6.45, 7) is 2.66. The molecule has 1 aromatic heterocycles. The van der Waals surface area contributed by atoms with E-state index in [1.54, 1.807) is 0 Å². The highest BCUT2D eigenvalue weighted by molar-refractivity contribution is 5.58. The second kappa shape index (κ2) is 6.24. The van der Waals surface area contributed by atoms with Crippen molar-refractivity contribution in [2.75, 3.05) is 11.4 Å². The van der Waals surface area contributed by atoms with Crippen LogP contribution in [0.3, 0.4) is 0 Å². The summed E-state index contributed by atoms with van der Waals surface area (Å²) in [6, 6.07) is 13.3. The molecule has 0 amide bonds. The van der Waals surface area contributed by atoms with Crippen LogP contribution in [0.5, 0.6) is 0 Å². The number of aromatic nitrogens is 3. The van der Waals surface area contributed by atoms with Crippen molar-refractivity contribution >= 4 is 5.69 Å². The Hall–Kier alpha value is -2.69. The molecular formula is C21H21FN4. The highest BCUT2D eigenvalue weighted by atomic mass is 19.1. The zero-order chi connectivity index (χ0) is 17.5. The summed E-state index contributed by atoms with van der Waals surface area (Å²) in [5, 5.41) is 8.85. The van der Waals surface area contributed by atoms with Crippen LogP contribution in [0.15, 0.2) is 42.5 Å². The Balaban J connectivity index is 1.39. The van der Waals surface area contributed by atoms with Crippen LogP contribution in [0.4, 0.5) is 10.1 Å². The number of hydrogen-bond donors (Lipinski definition) is 0. The number of aryl methyl sites for hydroxylation is 1. The zero-order valence-electron chi connectivity index (χ0n) is 14.7. The minimum Gasteiger partial charge on any atom is -0.362 e. The highest BCUT2D eigenvalue weighted by Crippen LogP contribution is 2.33. The molecule has 1 aliphatic heterocycles. The number of rotatable bonds is 3. The Bertz CT molecular complexity index is 945. The van der Waals surface area contributed by atoms with Gasteiger partial charge in [-0.05, 0) is 54.2 Å². The largest absolute Gasteiger partial charge is 0.362 e. The van der Waals surface area contributed by atoms with E-state index < -0.39 is 0 Å². The van der Waals surface area contributed by atoms with Gasteiger partial charge in [0.1, 0.15) is 11.6 Å². The molecule has 1 aliphatic carbocycles. The Morgan fingerprint density at radius 3 is 2.73 bits per heavy atom. The Morgan fingerprint density at radius 1 is 0.962 bits per heavy atom. The Labute approximate surface area is 152 Å². The smallest absolute Gasteiger partial charge is 0.152 e. The van der Waals surface area contributed by atoms with E-state index >= 15 is 0 Å². The van der Waals surface area contributed by atoms with Gasteiger partial charge in [0, 0.05) is 25.2 Å². The van der Waals surface area contributed by atoms with Gasteiger partial charge >= 0.3 is 0 Å². The van der Waals surface area contributed by atoms with E-state index in [0.29, 0.717) is 6.42 Å². The molecule has 0 radical (unpaired) electrons. The molecule has 0 saturated heterocycles. The van der Waals surface area contributed by atoms with E-state index in [1.165, 1.54) is 48.2 Å². The van der Waals surface area contributed by atoms with Gasteiger partial charge in [-0.3, -0.25) is 0 Å². The fourth-order valence-corrected chi connectivity index (χ4v) is 4.24. The molecule has 0 atom stereocenters. The number of anilines is 1. The first-order valence-electron chi connectivity index (χ1n) is 9.29. The van der Waals surface area contributed by atoms with Crippen molar-refractivity contribution in [3.63, 3.8) is 0 Å². The molecule has 2 aliphatic rings. The lowest BCUT2D eigenvalue weighted by Gasteiger charge is -2.31. The number of benzene rings is 2. The summed E-state index contributed by atoms with van der Waals surface area (Å²) in [7, 11) is 0. The monoisotopic (exact) mass is 348 g/mol. The van der Waals surface area contributed by atoms with Gasteiger partial charge in [-0.15, -0.1) is 10.2 Å². The third-order valence-electron chi connectivity index (χ3n) is 5.57. The topological polar surface area (TPSA) is 34.0 Å². The van der Waals surface area contributed by atoms with E-state index in [2.05, 4.69) is 37.9 Å². The molecule has 2 heterocycles. The number of nitrogens with zero attached hydrogens (tertiary/aromatic N) is 4.